The second-order valence-electron chi connectivity index (χ2n) is 6.91. The molecule has 1 aliphatic heterocycles. The first kappa shape index (κ1) is 19.0. The lowest BCUT2D eigenvalue weighted by atomic mass is 9.98. The minimum Gasteiger partial charge on any atom is -0.507 e. The van der Waals surface area contributed by atoms with Gasteiger partial charge in [-0.3, -0.25) is 4.79 Å². The van der Waals surface area contributed by atoms with E-state index in [1.54, 1.807) is 11.0 Å². The van der Waals surface area contributed by atoms with Gasteiger partial charge in [0.25, 0.3) is 5.91 Å². The molecular weight excluding hydrogens is 346 g/mol. The topological polar surface area (TPSA) is 111 Å². The lowest BCUT2D eigenvalue weighted by molar-refractivity contribution is 0.0748. The van der Waals surface area contributed by atoms with Gasteiger partial charge < -0.3 is 25.3 Å². The van der Waals surface area contributed by atoms with Crippen LogP contribution >= 0.6 is 0 Å². The Morgan fingerprint density at radius 1 is 1.22 bits per heavy atom. The quantitative estimate of drug-likeness (QED) is 0.672. The first-order valence-electron chi connectivity index (χ1n) is 8.92. The zero-order valence-corrected chi connectivity index (χ0v) is 15.6. The zero-order chi connectivity index (χ0) is 19.6. The van der Waals surface area contributed by atoms with Crippen LogP contribution in [0, 0.1) is 0 Å². The molecule has 0 atom stereocenters. The van der Waals surface area contributed by atoms with Gasteiger partial charge >= 0.3 is 0 Å². The van der Waals surface area contributed by atoms with E-state index >= 15 is 0 Å². The summed E-state index contributed by atoms with van der Waals surface area (Å²) in [6.45, 7) is 5.77. The summed E-state index contributed by atoms with van der Waals surface area (Å²) in [4.78, 5) is 19.5. The molecule has 3 rings (SSSR count). The Labute approximate surface area is 158 Å². The molecule has 1 heterocycles. The summed E-state index contributed by atoms with van der Waals surface area (Å²) in [5.41, 5.74) is 8.57. The minimum atomic E-state index is -0.237. The number of fused-ring (bicyclic) bond motifs is 1. The predicted octanol–water partition coefficient (Wildman–Crippen LogP) is 2.26. The fraction of sp³-hybridized carbons (Fsp3) is 0.350. The number of ether oxygens (including phenoxy) is 1. The van der Waals surface area contributed by atoms with Crippen molar-refractivity contribution in [3.05, 3.63) is 52.6 Å². The molecule has 0 bridgehead atoms. The van der Waals surface area contributed by atoms with E-state index in [4.69, 9.17) is 21.2 Å². The Morgan fingerprint density at radius 2 is 1.96 bits per heavy atom. The average Bonchev–Trinajstić information content (AvgIpc) is 3.08. The van der Waals surface area contributed by atoms with Crippen LogP contribution in [0.1, 0.15) is 46.8 Å². The fourth-order valence-electron chi connectivity index (χ4n) is 3.26. The van der Waals surface area contributed by atoms with Crippen LogP contribution in [0.2, 0.25) is 0 Å². The molecular formula is C20H25N3O4. The van der Waals surface area contributed by atoms with Crippen molar-refractivity contribution >= 4 is 5.91 Å². The third-order valence-corrected chi connectivity index (χ3v) is 4.68. The molecule has 5 N–H and O–H groups in total. The van der Waals surface area contributed by atoms with Crippen molar-refractivity contribution in [2.24, 2.45) is 11.6 Å². The van der Waals surface area contributed by atoms with Crippen LogP contribution in [-0.2, 0) is 13.1 Å². The lowest BCUT2D eigenvalue weighted by Gasteiger charge is -2.19. The number of rotatable bonds is 6. The number of carbonyl (C=O) groups is 1. The predicted molar refractivity (Wildman–Crippen MR) is 102 cm³/mol. The third-order valence-electron chi connectivity index (χ3n) is 4.68. The zero-order valence-electron chi connectivity index (χ0n) is 15.6. The van der Waals surface area contributed by atoms with Gasteiger partial charge in [-0.05, 0) is 35.2 Å². The minimum absolute atomic E-state index is 0.0914. The Hall–Kier alpha value is -2.77. The van der Waals surface area contributed by atoms with Gasteiger partial charge in [0.15, 0.2) is 5.75 Å². The van der Waals surface area contributed by atoms with Gasteiger partial charge in [-0.2, -0.15) is 5.90 Å². The van der Waals surface area contributed by atoms with Crippen LogP contribution in [0.3, 0.4) is 0 Å². The summed E-state index contributed by atoms with van der Waals surface area (Å²) in [5.74, 6) is 6.10. The largest absolute Gasteiger partial charge is 0.507 e. The normalized spacial score (nSPS) is 13.0. The fourth-order valence-corrected chi connectivity index (χ4v) is 3.26. The number of nitrogens with two attached hydrogens (primary N) is 2. The standard InChI is InChI=1S/C20H25N3O4/c1-12(2)16-8-17(18(24)9-19(16)27-22)20(25)23-10-13-3-4-15(26-6-5-21)7-14(13)11-23/h3-4,7-9,12,24H,5-6,10-11,21-22H2,1-2H3. The molecule has 0 aromatic heterocycles. The first-order chi connectivity index (χ1) is 12.9. The summed E-state index contributed by atoms with van der Waals surface area (Å²) < 4.78 is 5.55. The van der Waals surface area contributed by atoms with E-state index in [0.717, 1.165) is 22.4 Å². The van der Waals surface area contributed by atoms with E-state index in [9.17, 15) is 9.90 Å². The van der Waals surface area contributed by atoms with Crippen molar-refractivity contribution < 1.29 is 19.5 Å². The molecule has 2 aromatic rings. The van der Waals surface area contributed by atoms with Crippen molar-refractivity contribution in [1.82, 2.24) is 4.90 Å². The van der Waals surface area contributed by atoms with E-state index in [0.29, 0.717) is 32.0 Å². The summed E-state index contributed by atoms with van der Waals surface area (Å²) in [6.07, 6.45) is 0. The second-order valence-corrected chi connectivity index (χ2v) is 6.91. The Bertz CT molecular complexity index is 851. The number of aromatic hydroxyl groups is 1. The molecule has 2 aromatic carbocycles. The van der Waals surface area contributed by atoms with Gasteiger partial charge in [0.1, 0.15) is 18.1 Å². The molecule has 0 fully saturated rings. The SMILES string of the molecule is CC(C)c1cc(C(=O)N2Cc3ccc(OCCN)cc3C2)c(O)cc1ON. The number of carbonyl (C=O) groups excluding carboxylic acids is 1. The number of hydrogen-bond acceptors (Lipinski definition) is 6. The van der Waals surface area contributed by atoms with Gasteiger partial charge in [0.2, 0.25) is 0 Å². The molecule has 1 aliphatic rings. The van der Waals surface area contributed by atoms with Gasteiger partial charge in [-0.1, -0.05) is 19.9 Å². The highest BCUT2D eigenvalue weighted by Crippen LogP contribution is 2.35. The molecule has 0 unspecified atom stereocenters. The second kappa shape index (κ2) is 7.85. The van der Waals surface area contributed by atoms with E-state index in [1.165, 1.54) is 6.07 Å². The van der Waals surface area contributed by atoms with Crippen LogP contribution < -0.4 is 21.2 Å². The molecule has 27 heavy (non-hydrogen) atoms. The number of amides is 1. The molecule has 0 saturated heterocycles. The van der Waals surface area contributed by atoms with Crippen LogP contribution in [0.25, 0.3) is 0 Å². The van der Waals surface area contributed by atoms with Crippen LogP contribution in [0.15, 0.2) is 30.3 Å². The van der Waals surface area contributed by atoms with Gasteiger partial charge in [0.05, 0.1) is 5.56 Å². The van der Waals surface area contributed by atoms with Gasteiger partial charge in [-0.15, -0.1) is 0 Å². The van der Waals surface area contributed by atoms with E-state index in [-0.39, 0.29) is 23.1 Å². The third kappa shape index (κ3) is 3.84. The van der Waals surface area contributed by atoms with Crippen molar-refractivity contribution in [1.29, 1.82) is 0 Å². The van der Waals surface area contributed by atoms with Crippen molar-refractivity contribution in [2.45, 2.75) is 32.9 Å². The highest BCUT2D eigenvalue weighted by atomic mass is 16.6. The van der Waals surface area contributed by atoms with E-state index in [2.05, 4.69) is 0 Å². The maximum absolute atomic E-state index is 13.0. The molecule has 144 valence electrons. The molecule has 7 heteroatoms. The Kier molecular flexibility index (Phi) is 5.53. The molecule has 7 nitrogen and oxygen atoms in total. The highest BCUT2D eigenvalue weighted by molar-refractivity contribution is 5.97. The summed E-state index contributed by atoms with van der Waals surface area (Å²) in [6, 6.07) is 8.82. The van der Waals surface area contributed by atoms with Gasteiger partial charge in [-0.25, -0.2) is 0 Å². The number of nitrogens with zero attached hydrogens (tertiary/aromatic N) is 1. The van der Waals surface area contributed by atoms with Crippen molar-refractivity contribution in [3.63, 3.8) is 0 Å². The monoisotopic (exact) mass is 371 g/mol. The maximum Gasteiger partial charge on any atom is 0.258 e. The Morgan fingerprint density at radius 3 is 2.63 bits per heavy atom. The number of benzene rings is 2. The summed E-state index contributed by atoms with van der Waals surface area (Å²) in [5, 5.41) is 10.3. The van der Waals surface area contributed by atoms with Gasteiger partial charge in [0, 0.05) is 31.3 Å². The molecule has 0 saturated carbocycles. The Balaban J connectivity index is 1.83. The lowest BCUT2D eigenvalue weighted by Crippen LogP contribution is -2.25. The summed E-state index contributed by atoms with van der Waals surface area (Å²) in [7, 11) is 0. The maximum atomic E-state index is 13.0. The first-order valence-corrected chi connectivity index (χ1v) is 8.92. The van der Waals surface area contributed by atoms with E-state index < -0.39 is 0 Å². The average molecular weight is 371 g/mol. The van der Waals surface area contributed by atoms with Crippen LogP contribution in [0.4, 0.5) is 0 Å². The van der Waals surface area contributed by atoms with Crippen molar-refractivity contribution in [2.75, 3.05) is 13.2 Å². The van der Waals surface area contributed by atoms with Crippen molar-refractivity contribution in [3.8, 4) is 17.2 Å². The molecule has 0 spiro atoms. The van der Waals surface area contributed by atoms with Crippen LogP contribution in [0.5, 0.6) is 17.2 Å². The number of hydrogen-bond donors (Lipinski definition) is 3. The molecule has 0 aliphatic carbocycles. The number of phenols is 1. The summed E-state index contributed by atoms with van der Waals surface area (Å²) >= 11 is 0. The molecule has 0 radical (unpaired) electrons. The molecule has 1 amide bonds. The smallest absolute Gasteiger partial charge is 0.258 e. The highest BCUT2D eigenvalue weighted by Gasteiger charge is 2.27. The number of phenolic OH excluding ortho intramolecular Hbond substituents is 1. The van der Waals surface area contributed by atoms with E-state index in [1.807, 2.05) is 32.0 Å². The van der Waals surface area contributed by atoms with Crippen LogP contribution in [-0.4, -0.2) is 29.1 Å².